The van der Waals surface area contributed by atoms with Gasteiger partial charge in [-0.2, -0.15) is 12.6 Å². The van der Waals surface area contributed by atoms with Crippen LogP contribution in [0.3, 0.4) is 0 Å². The number of hydrogen-bond donors (Lipinski definition) is 9. The molecule has 10 N–H and O–H groups in total. The summed E-state index contributed by atoms with van der Waals surface area (Å²) in [5.41, 5.74) is 12.2. The highest BCUT2D eigenvalue weighted by Crippen LogP contribution is 2.19. The van der Waals surface area contributed by atoms with E-state index in [-0.39, 0.29) is 25.0 Å². The topological polar surface area (TPSA) is 230 Å². The third-order valence-corrected chi connectivity index (χ3v) is 5.75. The van der Waals surface area contributed by atoms with Gasteiger partial charge in [-0.25, -0.2) is 4.79 Å². The molecule has 0 aliphatic heterocycles. The lowest BCUT2D eigenvalue weighted by Gasteiger charge is -2.23. The van der Waals surface area contributed by atoms with Crippen molar-refractivity contribution >= 4 is 53.1 Å². The van der Waals surface area contributed by atoms with E-state index in [0.29, 0.717) is 5.56 Å². The Morgan fingerprint density at radius 3 is 2.19 bits per heavy atom. The molecule has 0 aliphatic rings. The maximum atomic E-state index is 12.7. The summed E-state index contributed by atoms with van der Waals surface area (Å²) in [6, 6.07) is 2.09. The molecule has 1 heterocycles. The third-order valence-electron chi connectivity index (χ3n) is 5.38. The van der Waals surface area contributed by atoms with E-state index in [0.717, 1.165) is 10.9 Å². The van der Waals surface area contributed by atoms with Gasteiger partial charge in [-0.05, 0) is 18.1 Å². The Morgan fingerprint density at radius 2 is 1.58 bits per heavy atom. The number of nitrogens with one attached hydrogen (secondary N) is 4. The molecule has 13 nitrogen and oxygen atoms in total. The number of aliphatic hydroxyl groups excluding tert-OH is 1. The molecule has 4 atom stereocenters. The van der Waals surface area contributed by atoms with Crippen molar-refractivity contribution in [3.8, 4) is 0 Å². The average molecular weight is 523 g/mol. The normalized spacial score (nSPS) is 14.3. The van der Waals surface area contributed by atoms with Gasteiger partial charge < -0.3 is 42.6 Å². The lowest BCUT2D eigenvalue weighted by atomic mass is 10.0. The second-order valence-electron chi connectivity index (χ2n) is 8.06. The van der Waals surface area contributed by atoms with Crippen LogP contribution in [0.25, 0.3) is 10.9 Å². The van der Waals surface area contributed by atoms with Crippen molar-refractivity contribution in [3.05, 3.63) is 36.0 Å². The fourth-order valence-electron chi connectivity index (χ4n) is 3.36. The first-order valence-electron chi connectivity index (χ1n) is 11.0. The van der Waals surface area contributed by atoms with Crippen LogP contribution in [0.5, 0.6) is 0 Å². The van der Waals surface area contributed by atoms with Crippen molar-refractivity contribution in [3.63, 3.8) is 0 Å². The number of hydrogen-bond acceptors (Lipinski definition) is 8. The fourth-order valence-corrected chi connectivity index (χ4v) is 3.62. The van der Waals surface area contributed by atoms with Crippen LogP contribution in [0, 0.1) is 0 Å². The number of carbonyl (C=O) groups is 5. The predicted molar refractivity (Wildman–Crippen MR) is 133 cm³/mol. The van der Waals surface area contributed by atoms with Gasteiger partial charge in [0.05, 0.1) is 12.6 Å². The fraction of sp³-hybridized carbons (Fsp3) is 0.409. The maximum absolute atomic E-state index is 12.7. The van der Waals surface area contributed by atoms with Crippen molar-refractivity contribution < 1.29 is 34.2 Å². The van der Waals surface area contributed by atoms with Crippen LogP contribution in [0.2, 0.25) is 0 Å². The van der Waals surface area contributed by atoms with Crippen molar-refractivity contribution in [1.82, 2.24) is 20.9 Å². The van der Waals surface area contributed by atoms with Crippen molar-refractivity contribution in [2.75, 3.05) is 12.4 Å². The lowest BCUT2D eigenvalue weighted by Crippen LogP contribution is -2.58. The summed E-state index contributed by atoms with van der Waals surface area (Å²) in [5.74, 6) is -4.62. The monoisotopic (exact) mass is 522 g/mol. The molecular weight excluding hydrogens is 492 g/mol. The minimum Gasteiger partial charge on any atom is -0.480 e. The summed E-state index contributed by atoms with van der Waals surface area (Å²) in [6.07, 6.45) is 1.45. The average Bonchev–Trinajstić information content (AvgIpc) is 3.26. The summed E-state index contributed by atoms with van der Waals surface area (Å²) in [6.45, 7) is -0.831. The minimum atomic E-state index is -1.50. The number of aromatic nitrogens is 1. The molecule has 36 heavy (non-hydrogen) atoms. The van der Waals surface area contributed by atoms with Gasteiger partial charge in [0, 0.05) is 35.7 Å². The number of primary amides is 1. The number of aromatic amines is 1. The first kappa shape index (κ1) is 28.6. The van der Waals surface area contributed by atoms with Crippen molar-refractivity contribution in [1.29, 1.82) is 0 Å². The summed E-state index contributed by atoms with van der Waals surface area (Å²) >= 11 is 4.01. The number of carboxylic acid groups (broad SMARTS) is 1. The number of aliphatic hydroxyl groups is 1. The lowest BCUT2D eigenvalue weighted by molar-refractivity contribution is -0.142. The second-order valence-corrected chi connectivity index (χ2v) is 8.43. The third kappa shape index (κ3) is 7.96. The van der Waals surface area contributed by atoms with Gasteiger partial charge in [0.1, 0.15) is 18.1 Å². The smallest absolute Gasteiger partial charge is 0.326 e. The first-order valence-corrected chi connectivity index (χ1v) is 11.6. The number of benzene rings is 1. The van der Waals surface area contributed by atoms with E-state index in [1.807, 2.05) is 18.2 Å². The molecule has 0 aliphatic carbocycles. The zero-order valence-electron chi connectivity index (χ0n) is 19.3. The molecule has 1 aromatic heterocycles. The predicted octanol–water partition coefficient (Wildman–Crippen LogP) is -2.24. The van der Waals surface area contributed by atoms with Gasteiger partial charge in [-0.15, -0.1) is 0 Å². The molecule has 0 bridgehead atoms. The number of aliphatic carboxylic acids is 1. The standard InChI is InChI=1S/C22H30N6O7S/c23-13(5-6-18(24)30)19(31)28-17(10-36)21(33)27-16(9-29)20(32)26-15(22(34)35)7-11-8-25-14-4-2-1-3-12(11)14/h1-4,8,13,15-17,25,29,36H,5-7,9-10,23H2,(H2,24,30)(H,26,32)(H,27,33)(H,28,31)(H,34,35). The molecule has 2 rings (SSSR count). The van der Waals surface area contributed by atoms with Crippen molar-refractivity contribution in [2.45, 2.75) is 43.4 Å². The summed E-state index contributed by atoms with van der Waals surface area (Å²) in [7, 11) is 0. The summed E-state index contributed by atoms with van der Waals surface area (Å²) in [5, 5.41) is 27.0. The molecule has 4 amide bonds. The molecule has 196 valence electrons. The van der Waals surface area contributed by atoms with Gasteiger partial charge >= 0.3 is 5.97 Å². The van der Waals surface area contributed by atoms with E-state index in [1.165, 1.54) is 0 Å². The molecule has 0 radical (unpaired) electrons. The first-order chi connectivity index (χ1) is 17.1. The van der Waals surface area contributed by atoms with Gasteiger partial charge in [0.15, 0.2) is 0 Å². The zero-order valence-corrected chi connectivity index (χ0v) is 20.2. The number of amides is 4. The van der Waals surface area contributed by atoms with E-state index in [1.54, 1.807) is 12.3 Å². The number of H-pyrrole nitrogens is 1. The molecule has 0 fully saturated rings. The molecule has 2 aromatic rings. The van der Waals surface area contributed by atoms with Crippen LogP contribution < -0.4 is 27.4 Å². The van der Waals surface area contributed by atoms with E-state index in [2.05, 4.69) is 33.6 Å². The number of fused-ring (bicyclic) bond motifs is 1. The largest absolute Gasteiger partial charge is 0.480 e. The second kappa shape index (κ2) is 13.5. The SMILES string of the molecule is NC(=O)CCC(N)C(=O)NC(CS)C(=O)NC(CO)C(=O)NC(Cc1c[nH]c2ccccc12)C(=O)O. The van der Waals surface area contributed by atoms with Gasteiger partial charge in [-0.3, -0.25) is 19.2 Å². The summed E-state index contributed by atoms with van der Waals surface area (Å²) < 4.78 is 0. The Morgan fingerprint density at radius 1 is 0.972 bits per heavy atom. The molecule has 0 saturated heterocycles. The van der Waals surface area contributed by atoms with E-state index >= 15 is 0 Å². The Balaban J connectivity index is 2.01. The van der Waals surface area contributed by atoms with Gasteiger partial charge in [-0.1, -0.05) is 18.2 Å². The number of carbonyl (C=O) groups excluding carboxylic acids is 4. The Labute approximate surface area is 211 Å². The highest BCUT2D eigenvalue weighted by Gasteiger charge is 2.30. The molecule has 1 aromatic carbocycles. The molecular formula is C22H30N6O7S. The Bertz CT molecular complexity index is 1110. The number of carboxylic acids is 1. The Hall–Kier alpha value is -3.62. The van der Waals surface area contributed by atoms with Crippen LogP contribution >= 0.6 is 12.6 Å². The van der Waals surface area contributed by atoms with E-state index in [4.69, 9.17) is 11.5 Å². The molecule has 0 saturated carbocycles. The van der Waals surface area contributed by atoms with Crippen LogP contribution in [0.1, 0.15) is 18.4 Å². The highest BCUT2D eigenvalue weighted by molar-refractivity contribution is 7.80. The van der Waals surface area contributed by atoms with Gasteiger partial charge in [0.25, 0.3) is 0 Å². The van der Waals surface area contributed by atoms with Crippen LogP contribution in [-0.4, -0.2) is 81.3 Å². The number of para-hydroxylation sites is 1. The van der Waals surface area contributed by atoms with Crippen LogP contribution in [0.15, 0.2) is 30.5 Å². The minimum absolute atomic E-state index is 0.0310. The van der Waals surface area contributed by atoms with E-state index < -0.39 is 60.4 Å². The molecule has 14 heteroatoms. The van der Waals surface area contributed by atoms with E-state index in [9.17, 15) is 34.2 Å². The number of thiol groups is 1. The number of nitrogens with two attached hydrogens (primary N) is 2. The number of rotatable bonds is 14. The Kier molecular flexibility index (Phi) is 10.7. The summed E-state index contributed by atoms with van der Waals surface area (Å²) in [4.78, 5) is 63.1. The maximum Gasteiger partial charge on any atom is 0.326 e. The molecule has 4 unspecified atom stereocenters. The van der Waals surface area contributed by atoms with Crippen LogP contribution in [-0.2, 0) is 30.4 Å². The quantitative estimate of drug-likeness (QED) is 0.123. The molecule has 0 spiro atoms. The van der Waals surface area contributed by atoms with Crippen molar-refractivity contribution in [2.24, 2.45) is 11.5 Å². The highest BCUT2D eigenvalue weighted by atomic mass is 32.1. The van der Waals surface area contributed by atoms with Crippen LogP contribution in [0.4, 0.5) is 0 Å². The van der Waals surface area contributed by atoms with Gasteiger partial charge in [0.2, 0.25) is 23.6 Å². The zero-order chi connectivity index (χ0) is 26.8.